The van der Waals surface area contributed by atoms with Crippen molar-refractivity contribution >= 4 is 15.9 Å². The topological polar surface area (TPSA) is 92.7 Å². The number of hydrogen-bond acceptors (Lipinski definition) is 6. The van der Waals surface area contributed by atoms with Crippen LogP contribution >= 0.6 is 0 Å². The van der Waals surface area contributed by atoms with Gasteiger partial charge in [0.2, 0.25) is 10.0 Å². The summed E-state index contributed by atoms with van der Waals surface area (Å²) in [4.78, 5) is 22.3. The molecule has 0 aliphatic carbocycles. The lowest BCUT2D eigenvalue weighted by Crippen LogP contribution is -2.55. The van der Waals surface area contributed by atoms with E-state index in [9.17, 15) is 13.2 Å². The lowest BCUT2D eigenvalue weighted by Gasteiger charge is -2.42. The van der Waals surface area contributed by atoms with Gasteiger partial charge >= 0.3 is 0 Å². The second-order valence-electron chi connectivity index (χ2n) is 6.57. The smallest absolute Gasteiger partial charge is 0.274 e. The van der Waals surface area contributed by atoms with Gasteiger partial charge in [0.1, 0.15) is 5.69 Å². The van der Waals surface area contributed by atoms with Crippen LogP contribution in [0.4, 0.5) is 0 Å². The van der Waals surface area contributed by atoms with E-state index < -0.39 is 10.0 Å². The highest BCUT2D eigenvalue weighted by molar-refractivity contribution is 7.88. The summed E-state index contributed by atoms with van der Waals surface area (Å²) in [6.07, 6.45) is 8.63. The van der Waals surface area contributed by atoms with Gasteiger partial charge < -0.3 is 9.64 Å². The van der Waals surface area contributed by atoms with E-state index in [-0.39, 0.29) is 18.0 Å². The highest BCUT2D eigenvalue weighted by Crippen LogP contribution is 2.26. The van der Waals surface area contributed by atoms with Crippen LogP contribution < -0.4 is 0 Å². The second-order valence-corrected chi connectivity index (χ2v) is 8.46. The molecule has 25 heavy (non-hydrogen) atoms. The molecule has 0 radical (unpaired) electrons. The summed E-state index contributed by atoms with van der Waals surface area (Å²) in [6.45, 7) is 2.15. The Hall–Kier alpha value is -1.58. The third-order valence-corrected chi connectivity index (χ3v) is 6.12. The van der Waals surface area contributed by atoms with Gasteiger partial charge in [-0.25, -0.2) is 13.4 Å². The van der Waals surface area contributed by atoms with Crippen LogP contribution in [0.2, 0.25) is 0 Å². The van der Waals surface area contributed by atoms with Gasteiger partial charge in [0.15, 0.2) is 0 Å². The van der Waals surface area contributed by atoms with Crippen LogP contribution in [0.25, 0.3) is 0 Å². The molecule has 138 valence electrons. The summed E-state index contributed by atoms with van der Waals surface area (Å²) in [5.41, 5.74) is 0.292. The quantitative estimate of drug-likeness (QED) is 0.769. The molecule has 0 aromatic carbocycles. The molecule has 2 aliphatic rings. The van der Waals surface area contributed by atoms with Gasteiger partial charge in [0.05, 0.1) is 12.5 Å². The van der Waals surface area contributed by atoms with Crippen LogP contribution in [0.5, 0.6) is 0 Å². The van der Waals surface area contributed by atoms with Crippen molar-refractivity contribution in [1.29, 1.82) is 0 Å². The normalized spacial score (nSPS) is 23.0. The highest BCUT2D eigenvalue weighted by atomic mass is 32.2. The minimum Gasteiger partial charge on any atom is -0.381 e. The van der Waals surface area contributed by atoms with Crippen LogP contribution in [-0.2, 0) is 14.8 Å². The molecule has 9 heteroatoms. The zero-order chi connectivity index (χ0) is 17.9. The summed E-state index contributed by atoms with van der Waals surface area (Å²) >= 11 is 0. The maximum Gasteiger partial charge on any atom is 0.274 e. The van der Waals surface area contributed by atoms with Crippen molar-refractivity contribution in [2.45, 2.75) is 37.8 Å². The number of aromatic nitrogens is 2. The van der Waals surface area contributed by atoms with Crippen molar-refractivity contribution in [3.63, 3.8) is 0 Å². The number of sulfonamides is 1. The number of carbonyl (C=O) groups is 1. The molecule has 2 fully saturated rings. The molecule has 0 spiro atoms. The fraction of sp³-hybridized carbons (Fsp3) is 0.688. The molecular weight excluding hydrogens is 344 g/mol. The second kappa shape index (κ2) is 7.76. The first-order valence-electron chi connectivity index (χ1n) is 8.58. The van der Waals surface area contributed by atoms with E-state index in [1.807, 2.05) is 0 Å². The lowest BCUT2D eigenvalue weighted by atomic mass is 10.0. The van der Waals surface area contributed by atoms with Gasteiger partial charge in [0.25, 0.3) is 5.91 Å². The van der Waals surface area contributed by atoms with Crippen molar-refractivity contribution in [2.75, 3.05) is 32.6 Å². The first kappa shape index (κ1) is 18.2. The summed E-state index contributed by atoms with van der Waals surface area (Å²) in [5.74, 6) is -0.196. The fourth-order valence-corrected chi connectivity index (χ4v) is 5.16. The maximum absolute atomic E-state index is 12.6. The molecule has 1 atom stereocenters. The Kier molecular flexibility index (Phi) is 5.65. The van der Waals surface area contributed by atoms with Gasteiger partial charge in [-0.15, -0.1) is 0 Å². The van der Waals surface area contributed by atoms with Crippen LogP contribution in [-0.4, -0.2) is 78.1 Å². The van der Waals surface area contributed by atoms with Gasteiger partial charge in [0, 0.05) is 50.8 Å². The molecule has 0 bridgehead atoms. The number of ether oxygens (including phenoxy) is 1. The molecule has 2 saturated heterocycles. The molecule has 0 N–H and O–H groups in total. The zero-order valence-corrected chi connectivity index (χ0v) is 15.2. The monoisotopic (exact) mass is 368 g/mol. The third kappa shape index (κ3) is 4.34. The first-order valence-corrected chi connectivity index (χ1v) is 10.4. The van der Waals surface area contributed by atoms with E-state index in [2.05, 4.69) is 9.97 Å². The predicted molar refractivity (Wildman–Crippen MR) is 91.5 cm³/mol. The average Bonchev–Trinajstić information content (AvgIpc) is 2.62. The zero-order valence-electron chi connectivity index (χ0n) is 14.4. The SMILES string of the molecule is CS(=O)(=O)N(C1CCOCC1)C1CCCN(C(=O)c2cnccn2)C1. The standard InChI is InChI=1S/C16H24N4O4S/c1-25(22,23)20(13-4-9-24-10-5-13)14-3-2-8-19(12-14)16(21)15-11-17-6-7-18-15/h6-7,11,13-14H,2-5,8-10,12H2,1H3. The van der Waals surface area contributed by atoms with E-state index in [0.717, 1.165) is 12.8 Å². The van der Waals surface area contributed by atoms with Crippen LogP contribution in [0.1, 0.15) is 36.2 Å². The minimum absolute atomic E-state index is 0.0553. The van der Waals surface area contributed by atoms with Crippen LogP contribution in [0.15, 0.2) is 18.6 Å². The number of carbonyl (C=O) groups excluding carboxylic acids is 1. The van der Waals surface area contributed by atoms with E-state index in [0.29, 0.717) is 44.8 Å². The fourth-order valence-electron chi connectivity index (χ4n) is 3.70. The highest BCUT2D eigenvalue weighted by Gasteiger charge is 2.38. The Labute approximate surface area is 148 Å². The van der Waals surface area contributed by atoms with Crippen molar-refractivity contribution < 1.29 is 17.9 Å². The van der Waals surface area contributed by atoms with Crippen molar-refractivity contribution in [2.24, 2.45) is 0 Å². The molecule has 1 unspecified atom stereocenters. The largest absolute Gasteiger partial charge is 0.381 e. The Morgan fingerprint density at radius 1 is 1.24 bits per heavy atom. The number of nitrogens with zero attached hydrogens (tertiary/aromatic N) is 4. The van der Waals surface area contributed by atoms with Crippen LogP contribution in [0, 0.1) is 0 Å². The lowest BCUT2D eigenvalue weighted by molar-refractivity contribution is 0.0340. The first-order chi connectivity index (χ1) is 12.0. The van der Waals surface area contributed by atoms with Crippen molar-refractivity contribution in [1.82, 2.24) is 19.2 Å². The van der Waals surface area contributed by atoms with Gasteiger partial charge in [-0.3, -0.25) is 9.78 Å². The van der Waals surface area contributed by atoms with Crippen molar-refractivity contribution in [3.05, 3.63) is 24.3 Å². The number of hydrogen-bond donors (Lipinski definition) is 0. The molecule has 1 amide bonds. The minimum atomic E-state index is -3.37. The van der Waals surface area contributed by atoms with E-state index in [4.69, 9.17) is 4.74 Å². The van der Waals surface area contributed by atoms with E-state index >= 15 is 0 Å². The van der Waals surface area contributed by atoms with Gasteiger partial charge in [-0.2, -0.15) is 4.31 Å². The molecule has 3 rings (SSSR count). The molecule has 3 heterocycles. The molecule has 2 aliphatic heterocycles. The predicted octanol–water partition coefficient (Wildman–Crippen LogP) is 0.522. The summed E-state index contributed by atoms with van der Waals surface area (Å²) in [6, 6.07) is -0.257. The molecule has 8 nitrogen and oxygen atoms in total. The van der Waals surface area contributed by atoms with Crippen molar-refractivity contribution in [3.8, 4) is 0 Å². The summed E-state index contributed by atoms with van der Waals surface area (Å²) < 4.78 is 31.9. The number of likely N-dealkylation sites (tertiary alicyclic amines) is 1. The number of piperidine rings is 1. The summed E-state index contributed by atoms with van der Waals surface area (Å²) in [7, 11) is -3.37. The molecular formula is C16H24N4O4S. The Balaban J connectivity index is 1.77. The maximum atomic E-state index is 12.6. The average molecular weight is 368 g/mol. The third-order valence-electron chi connectivity index (χ3n) is 4.76. The van der Waals surface area contributed by atoms with Gasteiger partial charge in [-0.1, -0.05) is 0 Å². The molecule has 1 aromatic heterocycles. The van der Waals surface area contributed by atoms with E-state index in [1.54, 1.807) is 9.21 Å². The van der Waals surface area contributed by atoms with E-state index in [1.165, 1.54) is 24.8 Å². The Bertz CT molecular complexity index is 691. The molecule has 1 aromatic rings. The number of amides is 1. The Morgan fingerprint density at radius 3 is 2.64 bits per heavy atom. The van der Waals surface area contributed by atoms with Gasteiger partial charge in [-0.05, 0) is 25.7 Å². The molecule has 0 saturated carbocycles. The number of rotatable bonds is 4. The summed E-state index contributed by atoms with van der Waals surface area (Å²) in [5, 5.41) is 0. The van der Waals surface area contributed by atoms with Crippen LogP contribution in [0.3, 0.4) is 0 Å². The Morgan fingerprint density at radius 2 is 2.00 bits per heavy atom.